The smallest absolute Gasteiger partial charge is 0.292 e. The number of benzene rings is 3. The third-order valence-corrected chi connectivity index (χ3v) is 6.81. The molecular weight excluding hydrogens is 465 g/mol. The summed E-state index contributed by atoms with van der Waals surface area (Å²) >= 11 is 6.42. The second-order valence-electron chi connectivity index (χ2n) is 9.15. The van der Waals surface area contributed by atoms with Crippen LogP contribution < -0.4 is 10.1 Å². The lowest BCUT2D eigenvalue weighted by Gasteiger charge is -2.24. The summed E-state index contributed by atoms with van der Waals surface area (Å²) in [5.41, 5.74) is 3.85. The van der Waals surface area contributed by atoms with Gasteiger partial charge in [-0.1, -0.05) is 55.8 Å². The Morgan fingerprint density at radius 1 is 1.09 bits per heavy atom. The fourth-order valence-electron chi connectivity index (χ4n) is 4.20. The maximum atomic E-state index is 13.2. The van der Waals surface area contributed by atoms with E-state index in [9.17, 15) is 14.0 Å². The molecule has 182 valence electrons. The number of carbonyl (C=O) groups is 2. The van der Waals surface area contributed by atoms with Gasteiger partial charge in [-0.15, -0.1) is 0 Å². The van der Waals surface area contributed by atoms with Crippen LogP contribution in [0.15, 0.2) is 60.7 Å². The van der Waals surface area contributed by atoms with Gasteiger partial charge in [-0.2, -0.15) is 0 Å². The standard InChI is InChI=1S/C29H29ClFNO3/c1-4-26(18(3)20-8-14-27(25(30)16-20)35-23-11-12-23)32-29(34)28(33)21-7-13-24(17(2)15-21)19-5-9-22(31)10-6-19/h5-10,13-16,18,23,26H,4,11-12H2,1-3H3,(H,32,34)/t18-,26-/m1/s1. The highest BCUT2D eigenvalue weighted by Crippen LogP contribution is 2.34. The number of amides is 1. The SMILES string of the molecule is CC[C@@H](NC(=O)C(=O)c1ccc(-c2ccc(F)cc2)c(C)c1)[C@H](C)c1ccc(OC2CC2)c(Cl)c1. The number of carbonyl (C=O) groups excluding carboxylic acids is 2. The largest absolute Gasteiger partial charge is 0.489 e. The minimum absolute atomic E-state index is 0.0492. The Morgan fingerprint density at radius 2 is 1.80 bits per heavy atom. The number of hydrogen-bond donors (Lipinski definition) is 1. The van der Waals surface area contributed by atoms with Gasteiger partial charge in [0.1, 0.15) is 11.6 Å². The molecule has 0 saturated heterocycles. The molecule has 2 atom stereocenters. The second kappa shape index (κ2) is 10.6. The molecule has 6 heteroatoms. The molecule has 1 aliphatic rings. The number of nitrogens with one attached hydrogen (secondary N) is 1. The highest BCUT2D eigenvalue weighted by Gasteiger charge is 2.27. The fraction of sp³-hybridized carbons (Fsp3) is 0.310. The third-order valence-electron chi connectivity index (χ3n) is 6.51. The number of ether oxygens (including phenoxy) is 1. The normalized spacial score (nSPS) is 14.8. The molecule has 0 unspecified atom stereocenters. The molecule has 1 N–H and O–H groups in total. The van der Waals surface area contributed by atoms with Gasteiger partial charge >= 0.3 is 0 Å². The molecule has 1 amide bonds. The minimum atomic E-state index is -0.641. The predicted molar refractivity (Wildman–Crippen MR) is 137 cm³/mol. The molecule has 0 aromatic heterocycles. The lowest BCUT2D eigenvalue weighted by Crippen LogP contribution is -2.41. The van der Waals surface area contributed by atoms with E-state index in [4.69, 9.17) is 16.3 Å². The maximum absolute atomic E-state index is 13.2. The van der Waals surface area contributed by atoms with Crippen molar-refractivity contribution >= 4 is 23.3 Å². The molecule has 0 aliphatic heterocycles. The van der Waals surface area contributed by atoms with E-state index in [-0.39, 0.29) is 23.9 Å². The summed E-state index contributed by atoms with van der Waals surface area (Å²) in [5.74, 6) is -0.906. The van der Waals surface area contributed by atoms with Gasteiger partial charge < -0.3 is 10.1 Å². The Morgan fingerprint density at radius 3 is 2.40 bits per heavy atom. The number of Topliss-reactive ketones (excluding diaryl/α,β-unsaturated/α-hetero) is 1. The van der Waals surface area contributed by atoms with Crippen LogP contribution in [0, 0.1) is 12.7 Å². The van der Waals surface area contributed by atoms with Crippen LogP contribution in [0.2, 0.25) is 5.02 Å². The van der Waals surface area contributed by atoms with Gasteiger partial charge in [0, 0.05) is 17.5 Å². The molecule has 0 radical (unpaired) electrons. The molecule has 35 heavy (non-hydrogen) atoms. The van der Waals surface area contributed by atoms with Crippen LogP contribution in [-0.2, 0) is 4.79 Å². The van der Waals surface area contributed by atoms with Crippen LogP contribution in [0.25, 0.3) is 11.1 Å². The van der Waals surface area contributed by atoms with Crippen LogP contribution in [0.5, 0.6) is 5.75 Å². The first-order chi connectivity index (χ1) is 16.8. The number of halogens is 2. The summed E-state index contributed by atoms with van der Waals surface area (Å²) in [6, 6.07) is 16.8. The Bertz CT molecular complexity index is 1240. The number of ketones is 1. The van der Waals surface area contributed by atoms with Crippen LogP contribution in [-0.4, -0.2) is 23.8 Å². The molecule has 0 heterocycles. The molecule has 0 spiro atoms. The predicted octanol–water partition coefficient (Wildman–Crippen LogP) is 6.88. The van der Waals surface area contributed by atoms with Gasteiger partial charge in [0.15, 0.2) is 0 Å². The first kappa shape index (κ1) is 24.9. The molecule has 1 fully saturated rings. The van der Waals surface area contributed by atoms with E-state index < -0.39 is 11.7 Å². The topological polar surface area (TPSA) is 55.4 Å². The average molecular weight is 494 g/mol. The zero-order valence-electron chi connectivity index (χ0n) is 20.1. The highest BCUT2D eigenvalue weighted by molar-refractivity contribution is 6.43. The molecule has 3 aromatic rings. The number of hydrogen-bond acceptors (Lipinski definition) is 3. The van der Waals surface area contributed by atoms with Gasteiger partial charge in [-0.25, -0.2) is 4.39 Å². The van der Waals surface area contributed by atoms with E-state index in [0.717, 1.165) is 35.1 Å². The molecule has 4 rings (SSSR count). The summed E-state index contributed by atoms with van der Waals surface area (Å²) in [5, 5.41) is 3.46. The maximum Gasteiger partial charge on any atom is 0.292 e. The van der Waals surface area contributed by atoms with Crippen molar-refractivity contribution in [3.63, 3.8) is 0 Å². The fourth-order valence-corrected chi connectivity index (χ4v) is 4.43. The van der Waals surface area contributed by atoms with E-state index in [1.165, 1.54) is 12.1 Å². The van der Waals surface area contributed by atoms with E-state index in [0.29, 0.717) is 22.8 Å². The first-order valence-corrected chi connectivity index (χ1v) is 12.3. The summed E-state index contributed by atoms with van der Waals surface area (Å²) in [4.78, 5) is 25.8. The Labute approximate surface area is 210 Å². The van der Waals surface area contributed by atoms with E-state index in [1.807, 2.05) is 39.0 Å². The van der Waals surface area contributed by atoms with E-state index in [2.05, 4.69) is 5.32 Å². The number of aryl methyl sites for hydroxylation is 1. The molecule has 1 aliphatic carbocycles. The van der Waals surface area contributed by atoms with Crippen molar-refractivity contribution in [3.05, 3.63) is 88.2 Å². The van der Waals surface area contributed by atoms with Crippen LogP contribution in [0.4, 0.5) is 4.39 Å². The van der Waals surface area contributed by atoms with Crippen molar-refractivity contribution in [2.24, 2.45) is 0 Å². The van der Waals surface area contributed by atoms with Gasteiger partial charge in [-0.05, 0) is 78.8 Å². The van der Waals surface area contributed by atoms with Gasteiger partial charge in [0.05, 0.1) is 11.1 Å². The van der Waals surface area contributed by atoms with Crippen molar-refractivity contribution < 1.29 is 18.7 Å². The van der Waals surface area contributed by atoms with E-state index in [1.54, 1.807) is 30.3 Å². The van der Waals surface area contributed by atoms with Crippen molar-refractivity contribution in [2.75, 3.05) is 0 Å². The summed E-state index contributed by atoms with van der Waals surface area (Å²) < 4.78 is 19.1. The van der Waals surface area contributed by atoms with Crippen molar-refractivity contribution in [1.29, 1.82) is 0 Å². The monoisotopic (exact) mass is 493 g/mol. The van der Waals surface area contributed by atoms with E-state index >= 15 is 0 Å². The van der Waals surface area contributed by atoms with Crippen LogP contribution in [0.3, 0.4) is 0 Å². The quantitative estimate of drug-likeness (QED) is 0.261. The Kier molecular flexibility index (Phi) is 7.56. The zero-order chi connectivity index (χ0) is 25.1. The average Bonchev–Trinajstić information content (AvgIpc) is 3.67. The molecule has 3 aromatic carbocycles. The van der Waals surface area contributed by atoms with Crippen molar-refractivity contribution in [3.8, 4) is 16.9 Å². The molecule has 4 nitrogen and oxygen atoms in total. The lowest BCUT2D eigenvalue weighted by molar-refractivity contribution is -0.117. The number of rotatable bonds is 9. The van der Waals surface area contributed by atoms with Gasteiger partial charge in [0.25, 0.3) is 5.91 Å². The van der Waals surface area contributed by atoms with Crippen molar-refractivity contribution in [1.82, 2.24) is 5.32 Å². The molecule has 1 saturated carbocycles. The van der Waals surface area contributed by atoms with Crippen LogP contribution >= 0.6 is 11.6 Å². The summed E-state index contributed by atoms with van der Waals surface area (Å²) in [6.45, 7) is 5.85. The molecule has 0 bridgehead atoms. The summed E-state index contributed by atoms with van der Waals surface area (Å²) in [7, 11) is 0. The van der Waals surface area contributed by atoms with Gasteiger partial charge in [0.2, 0.25) is 5.78 Å². The van der Waals surface area contributed by atoms with Crippen LogP contribution in [0.1, 0.15) is 60.5 Å². The van der Waals surface area contributed by atoms with Crippen molar-refractivity contribution in [2.45, 2.75) is 58.1 Å². The second-order valence-corrected chi connectivity index (χ2v) is 9.56. The van der Waals surface area contributed by atoms with Gasteiger partial charge in [-0.3, -0.25) is 9.59 Å². The summed E-state index contributed by atoms with van der Waals surface area (Å²) in [6.07, 6.45) is 3.03. The zero-order valence-corrected chi connectivity index (χ0v) is 20.9. The first-order valence-electron chi connectivity index (χ1n) is 11.9. The Hall–Kier alpha value is -3.18. The Balaban J connectivity index is 1.44. The minimum Gasteiger partial charge on any atom is -0.489 e. The highest BCUT2D eigenvalue weighted by atomic mass is 35.5. The lowest BCUT2D eigenvalue weighted by atomic mass is 9.91. The third kappa shape index (κ3) is 5.91. The molecular formula is C29H29ClFNO3.